The molecule has 0 aromatic heterocycles. The predicted octanol–water partition coefficient (Wildman–Crippen LogP) is 8.56. The van der Waals surface area contributed by atoms with Gasteiger partial charge in [0.2, 0.25) is 0 Å². The average molecular weight is 373 g/mol. The second kappa shape index (κ2) is 14.2. The van der Waals surface area contributed by atoms with Crippen molar-refractivity contribution in [2.45, 2.75) is 122 Å². The zero-order chi connectivity index (χ0) is 19.0. The lowest BCUT2D eigenvalue weighted by atomic mass is 9.93. The zero-order valence-electron chi connectivity index (χ0n) is 18.0. The van der Waals surface area contributed by atoms with Crippen LogP contribution >= 0.6 is 0 Å². The van der Waals surface area contributed by atoms with Gasteiger partial charge in [-0.3, -0.25) is 0 Å². The first-order chi connectivity index (χ1) is 13.4. The van der Waals surface area contributed by atoms with Gasteiger partial charge in [-0.15, -0.1) is 0 Å². The van der Waals surface area contributed by atoms with E-state index in [2.05, 4.69) is 37.3 Å². The maximum atomic E-state index is 5.81. The van der Waals surface area contributed by atoms with Crippen LogP contribution in [0.5, 0.6) is 0 Å². The summed E-state index contributed by atoms with van der Waals surface area (Å²) in [5.74, 6) is 0. The minimum absolute atomic E-state index is 0.0806. The third kappa shape index (κ3) is 9.79. The lowest BCUT2D eigenvalue weighted by Crippen LogP contribution is -2.08. The first kappa shape index (κ1) is 22.5. The van der Waals surface area contributed by atoms with Gasteiger partial charge in [-0.05, 0) is 12.0 Å². The highest BCUT2D eigenvalue weighted by Gasteiger charge is 2.45. The summed E-state index contributed by atoms with van der Waals surface area (Å²) in [6.45, 7) is 3.22. The molecule has 1 aromatic carbocycles. The molecule has 1 nitrogen and oxygen atoms in total. The fourth-order valence-corrected chi connectivity index (χ4v) is 4.24. The van der Waals surface area contributed by atoms with E-state index in [0.717, 1.165) is 6.61 Å². The van der Waals surface area contributed by atoms with Crippen LogP contribution in [0.3, 0.4) is 0 Å². The van der Waals surface area contributed by atoms with Gasteiger partial charge in [-0.25, -0.2) is 0 Å². The Morgan fingerprint density at radius 1 is 0.630 bits per heavy atom. The third-order valence-electron chi connectivity index (χ3n) is 6.23. The first-order valence-corrected chi connectivity index (χ1v) is 12.1. The van der Waals surface area contributed by atoms with Crippen molar-refractivity contribution in [3.8, 4) is 0 Å². The van der Waals surface area contributed by atoms with Crippen LogP contribution in [0.25, 0.3) is 0 Å². The van der Waals surface area contributed by atoms with E-state index < -0.39 is 0 Å². The van der Waals surface area contributed by atoms with E-state index in [0.29, 0.717) is 0 Å². The molecule has 1 unspecified atom stereocenters. The van der Waals surface area contributed by atoms with Crippen molar-refractivity contribution in [1.82, 2.24) is 0 Å². The van der Waals surface area contributed by atoms with Gasteiger partial charge in [0.1, 0.15) is 5.60 Å². The van der Waals surface area contributed by atoms with Crippen LogP contribution in [0, 0.1) is 0 Å². The molecule has 1 aromatic rings. The Hall–Kier alpha value is -0.820. The van der Waals surface area contributed by atoms with Crippen molar-refractivity contribution in [2.75, 3.05) is 6.61 Å². The molecule has 0 bridgehead atoms. The highest BCUT2D eigenvalue weighted by molar-refractivity contribution is 5.26. The van der Waals surface area contributed by atoms with Crippen molar-refractivity contribution in [3.05, 3.63) is 35.9 Å². The van der Waals surface area contributed by atoms with Crippen molar-refractivity contribution in [3.63, 3.8) is 0 Å². The number of hydrogen-bond acceptors (Lipinski definition) is 1. The summed E-state index contributed by atoms with van der Waals surface area (Å²) in [4.78, 5) is 0. The molecule has 0 saturated carbocycles. The van der Waals surface area contributed by atoms with Crippen LogP contribution in [0.2, 0.25) is 0 Å². The predicted molar refractivity (Wildman–Crippen MR) is 118 cm³/mol. The molecular formula is C26H44O. The Kier molecular flexibility index (Phi) is 11.8. The molecule has 2 rings (SSSR count). The van der Waals surface area contributed by atoms with E-state index in [1.807, 2.05) is 0 Å². The van der Waals surface area contributed by atoms with Crippen LogP contribution in [0.4, 0.5) is 0 Å². The van der Waals surface area contributed by atoms with Crippen LogP contribution < -0.4 is 0 Å². The number of rotatable bonds is 18. The second-order valence-electron chi connectivity index (χ2n) is 8.70. The largest absolute Gasteiger partial charge is 0.365 e. The van der Waals surface area contributed by atoms with Gasteiger partial charge >= 0.3 is 0 Å². The van der Waals surface area contributed by atoms with Gasteiger partial charge < -0.3 is 4.74 Å². The minimum Gasteiger partial charge on any atom is -0.365 e. The van der Waals surface area contributed by atoms with Crippen LogP contribution in [-0.2, 0) is 10.3 Å². The number of benzene rings is 1. The molecule has 154 valence electrons. The minimum atomic E-state index is 0.0806. The molecule has 1 saturated heterocycles. The van der Waals surface area contributed by atoms with Crippen LogP contribution in [-0.4, -0.2) is 6.61 Å². The Morgan fingerprint density at radius 3 is 1.44 bits per heavy atom. The summed E-state index contributed by atoms with van der Waals surface area (Å²) in [6, 6.07) is 10.8. The maximum Gasteiger partial charge on any atom is 0.117 e. The standard InChI is InChI=1S/C26H44O/c1-2-3-4-5-6-7-8-9-10-11-12-13-14-15-16-20-23-26(24-27-26)25-21-18-17-19-22-25/h17-19,21-22H,2-16,20,23-24H2,1H3. The number of hydrogen-bond donors (Lipinski definition) is 0. The Labute approximate surface area is 169 Å². The molecule has 1 aliphatic heterocycles. The highest BCUT2D eigenvalue weighted by atomic mass is 16.6. The van der Waals surface area contributed by atoms with Gasteiger partial charge in [0.25, 0.3) is 0 Å². The van der Waals surface area contributed by atoms with E-state index >= 15 is 0 Å². The number of unbranched alkanes of at least 4 members (excludes halogenated alkanes) is 15. The summed E-state index contributed by atoms with van der Waals surface area (Å²) < 4.78 is 5.81. The molecule has 0 amide bonds. The van der Waals surface area contributed by atoms with Gasteiger partial charge in [-0.1, -0.05) is 140 Å². The quantitative estimate of drug-likeness (QED) is 0.186. The lowest BCUT2D eigenvalue weighted by molar-refractivity contribution is 0.285. The monoisotopic (exact) mass is 372 g/mol. The first-order valence-electron chi connectivity index (χ1n) is 12.1. The summed E-state index contributed by atoms with van der Waals surface area (Å²) >= 11 is 0. The molecule has 1 heterocycles. The number of epoxide rings is 1. The summed E-state index contributed by atoms with van der Waals surface area (Å²) in [7, 11) is 0. The van der Waals surface area contributed by atoms with Crippen LogP contribution in [0.1, 0.15) is 122 Å². The fraction of sp³-hybridized carbons (Fsp3) is 0.769. The summed E-state index contributed by atoms with van der Waals surface area (Å²) in [5.41, 5.74) is 1.46. The summed E-state index contributed by atoms with van der Waals surface area (Å²) in [6.07, 6.45) is 24.1. The zero-order valence-corrected chi connectivity index (χ0v) is 18.0. The van der Waals surface area contributed by atoms with E-state index in [1.165, 1.54) is 115 Å². The molecule has 0 aliphatic carbocycles. The molecule has 27 heavy (non-hydrogen) atoms. The maximum absolute atomic E-state index is 5.81. The molecule has 0 N–H and O–H groups in total. The smallest absolute Gasteiger partial charge is 0.117 e. The van der Waals surface area contributed by atoms with Crippen molar-refractivity contribution >= 4 is 0 Å². The van der Waals surface area contributed by atoms with Gasteiger partial charge in [0.05, 0.1) is 6.61 Å². The van der Waals surface area contributed by atoms with Crippen molar-refractivity contribution in [2.24, 2.45) is 0 Å². The Balaban J connectivity index is 1.31. The molecular weight excluding hydrogens is 328 g/mol. The second-order valence-corrected chi connectivity index (χ2v) is 8.70. The van der Waals surface area contributed by atoms with E-state index in [9.17, 15) is 0 Å². The third-order valence-corrected chi connectivity index (χ3v) is 6.23. The van der Waals surface area contributed by atoms with E-state index in [-0.39, 0.29) is 5.60 Å². The van der Waals surface area contributed by atoms with E-state index in [1.54, 1.807) is 0 Å². The van der Waals surface area contributed by atoms with Gasteiger partial charge in [0.15, 0.2) is 0 Å². The fourth-order valence-electron chi connectivity index (χ4n) is 4.24. The molecule has 0 radical (unpaired) electrons. The Morgan fingerprint density at radius 2 is 1.04 bits per heavy atom. The van der Waals surface area contributed by atoms with Crippen molar-refractivity contribution < 1.29 is 4.74 Å². The molecule has 1 heteroatoms. The van der Waals surface area contributed by atoms with E-state index in [4.69, 9.17) is 4.74 Å². The Bertz CT molecular complexity index is 449. The SMILES string of the molecule is CCCCCCCCCCCCCCCCCCC1(c2ccccc2)CO1. The normalized spacial score (nSPS) is 18.7. The molecule has 1 aliphatic rings. The molecule has 0 spiro atoms. The lowest BCUT2D eigenvalue weighted by Gasteiger charge is -2.12. The highest BCUT2D eigenvalue weighted by Crippen LogP contribution is 2.43. The van der Waals surface area contributed by atoms with Crippen LogP contribution in [0.15, 0.2) is 30.3 Å². The topological polar surface area (TPSA) is 12.5 Å². The van der Waals surface area contributed by atoms with Gasteiger partial charge in [0, 0.05) is 0 Å². The van der Waals surface area contributed by atoms with Gasteiger partial charge in [-0.2, -0.15) is 0 Å². The molecule has 1 fully saturated rings. The van der Waals surface area contributed by atoms with Crippen molar-refractivity contribution in [1.29, 1.82) is 0 Å². The number of ether oxygens (including phenoxy) is 1. The average Bonchev–Trinajstić information content (AvgIpc) is 3.49. The summed E-state index contributed by atoms with van der Waals surface area (Å²) in [5, 5.41) is 0. The molecule has 1 atom stereocenters.